The van der Waals surface area contributed by atoms with Crippen LogP contribution in [0.1, 0.15) is 82.8 Å². The number of hydrogen-bond acceptors (Lipinski definition) is 8. The largest absolute Gasteiger partial charge is 0.508 e. The number of phenolic OH excluding ortho intramolecular Hbond substituents is 1. The lowest BCUT2D eigenvalue weighted by atomic mass is 9.85. The average Bonchev–Trinajstić information content (AvgIpc) is 3.61. The Morgan fingerprint density at radius 3 is 2.46 bits per heavy atom. The summed E-state index contributed by atoms with van der Waals surface area (Å²) in [5.74, 6) is -2.90. The second-order valence-electron chi connectivity index (χ2n) is 13.3. The molecular weight excluding hydrogens is 608 g/mol. The second kappa shape index (κ2) is 14.3. The molecule has 3 aliphatic rings. The fourth-order valence-electron chi connectivity index (χ4n) is 6.72. The van der Waals surface area contributed by atoms with Crippen LogP contribution in [0.15, 0.2) is 53.7 Å². The molecule has 2 heterocycles. The van der Waals surface area contributed by atoms with Gasteiger partial charge in [-0.25, -0.2) is 0 Å². The summed E-state index contributed by atoms with van der Waals surface area (Å²) in [7, 11) is 0. The molecule has 0 radical (unpaired) electrons. The normalized spacial score (nSPS) is 21.8. The zero-order chi connectivity index (χ0) is 33.0. The molecule has 1 aliphatic carbocycles. The number of halogens is 1. The number of hydrogen-bond donors (Lipinski definition) is 1. The predicted molar refractivity (Wildman–Crippen MR) is 173 cm³/mol. The molecule has 2 fully saturated rings. The Hall–Kier alpha value is -3.85. The van der Waals surface area contributed by atoms with Crippen molar-refractivity contribution < 1.29 is 33.9 Å². The van der Waals surface area contributed by atoms with E-state index >= 15 is 0 Å². The third kappa shape index (κ3) is 8.10. The zero-order valence-electron chi connectivity index (χ0n) is 26.4. The van der Waals surface area contributed by atoms with Gasteiger partial charge >= 0.3 is 0 Å². The number of carbonyl (C=O) groups excluding carboxylic acids is 5. The molecule has 244 valence electrons. The first kappa shape index (κ1) is 33.5. The Morgan fingerprint density at radius 1 is 1.07 bits per heavy atom. The first-order chi connectivity index (χ1) is 22.0. The maximum Gasteiger partial charge on any atom is 0.227 e. The van der Waals surface area contributed by atoms with Crippen molar-refractivity contribution in [2.75, 3.05) is 6.54 Å². The van der Waals surface area contributed by atoms with Gasteiger partial charge in [0.2, 0.25) is 11.7 Å². The Bertz CT molecular complexity index is 1530. The van der Waals surface area contributed by atoms with Gasteiger partial charge in [0.25, 0.3) is 0 Å². The second-order valence-corrected chi connectivity index (χ2v) is 13.7. The van der Waals surface area contributed by atoms with E-state index in [1.54, 1.807) is 24.3 Å². The summed E-state index contributed by atoms with van der Waals surface area (Å²) in [5, 5.41) is 14.6. The number of phenols is 1. The fourth-order valence-corrected chi connectivity index (χ4v) is 6.91. The molecule has 2 aromatic carbocycles. The quantitative estimate of drug-likeness (QED) is 0.247. The molecule has 2 aromatic rings. The molecule has 1 unspecified atom stereocenters. The molecule has 9 nitrogen and oxygen atoms in total. The van der Waals surface area contributed by atoms with Gasteiger partial charge in [-0.2, -0.15) is 0 Å². The smallest absolute Gasteiger partial charge is 0.227 e. The van der Waals surface area contributed by atoms with Crippen molar-refractivity contribution in [2.24, 2.45) is 22.9 Å². The number of aromatic hydroxyl groups is 1. The number of rotatable bonds is 15. The van der Waals surface area contributed by atoms with Gasteiger partial charge in [0, 0.05) is 54.5 Å². The van der Waals surface area contributed by atoms with Gasteiger partial charge in [-0.05, 0) is 68.4 Å². The standard InChI is InChI=1S/C36H41ClN2O7/c1-3-5-26(34(44)33(43)16-24-8-9-24)18-32(42)31-20-36(19-30(38-46-36)25-6-4-7-28(37)17-25)21-39(31)35(45)27(14-22(2)40)15-23-10-12-29(41)13-11-23/h4,6-7,10-13,17,24,26-27,31,41H,3,5,8-9,14-16,18-21H2,1-2H3/t26-,27+,31+,36?/m1/s1. The number of benzene rings is 2. The summed E-state index contributed by atoms with van der Waals surface area (Å²) >= 11 is 6.22. The number of ketones is 4. The molecule has 46 heavy (non-hydrogen) atoms. The molecule has 1 saturated heterocycles. The first-order valence-electron chi connectivity index (χ1n) is 16.2. The monoisotopic (exact) mass is 648 g/mol. The van der Waals surface area contributed by atoms with Crippen molar-refractivity contribution in [1.82, 2.24) is 4.90 Å². The minimum absolute atomic E-state index is 0.0259. The third-order valence-electron chi connectivity index (χ3n) is 9.25. The number of nitrogens with zero attached hydrogens (tertiary/aromatic N) is 2. The van der Waals surface area contributed by atoms with Crippen molar-refractivity contribution in [2.45, 2.75) is 89.7 Å². The molecule has 1 spiro atoms. The van der Waals surface area contributed by atoms with E-state index in [1.165, 1.54) is 24.0 Å². The molecular formula is C36H41ClN2O7. The van der Waals surface area contributed by atoms with Crippen molar-refractivity contribution in [1.29, 1.82) is 0 Å². The Morgan fingerprint density at radius 2 is 1.80 bits per heavy atom. The van der Waals surface area contributed by atoms with Crippen LogP contribution in [0.4, 0.5) is 0 Å². The highest BCUT2D eigenvalue weighted by atomic mass is 35.5. The number of Topliss-reactive ketones (excluding diaryl/α,β-unsaturated/α-hetero) is 4. The van der Waals surface area contributed by atoms with Gasteiger partial charge < -0.3 is 19.6 Å². The van der Waals surface area contributed by atoms with Gasteiger partial charge in [0.1, 0.15) is 11.5 Å². The van der Waals surface area contributed by atoms with E-state index in [2.05, 4.69) is 5.16 Å². The van der Waals surface area contributed by atoms with Crippen LogP contribution in [-0.2, 0) is 35.2 Å². The number of amides is 1. The lowest BCUT2D eigenvalue weighted by molar-refractivity contribution is -0.144. The number of oxime groups is 1. The van der Waals surface area contributed by atoms with Crippen LogP contribution in [0.5, 0.6) is 5.75 Å². The first-order valence-corrected chi connectivity index (χ1v) is 16.5. The summed E-state index contributed by atoms with van der Waals surface area (Å²) in [6.07, 6.45) is 3.72. The predicted octanol–water partition coefficient (Wildman–Crippen LogP) is 5.66. The van der Waals surface area contributed by atoms with E-state index < -0.39 is 35.0 Å². The van der Waals surface area contributed by atoms with E-state index in [0.29, 0.717) is 30.0 Å². The molecule has 0 bridgehead atoms. The van der Waals surface area contributed by atoms with E-state index in [4.69, 9.17) is 16.4 Å². The molecule has 1 saturated carbocycles. The topological polar surface area (TPSA) is 130 Å². The average molecular weight is 649 g/mol. The van der Waals surface area contributed by atoms with Crippen LogP contribution in [0.2, 0.25) is 5.02 Å². The Labute approximate surface area is 274 Å². The van der Waals surface area contributed by atoms with Crippen LogP contribution >= 0.6 is 11.6 Å². The summed E-state index contributed by atoms with van der Waals surface area (Å²) in [5.41, 5.74) is 1.22. The van der Waals surface area contributed by atoms with Crippen LogP contribution < -0.4 is 0 Å². The minimum atomic E-state index is -0.973. The molecule has 0 aromatic heterocycles. The maximum absolute atomic E-state index is 14.3. The van der Waals surface area contributed by atoms with Crippen molar-refractivity contribution >= 4 is 46.4 Å². The molecule has 1 N–H and O–H groups in total. The molecule has 1 amide bonds. The molecule has 5 rings (SSSR count). The number of carbonyl (C=O) groups is 5. The molecule has 4 atom stereocenters. The van der Waals surface area contributed by atoms with Gasteiger partial charge in [-0.3, -0.25) is 19.2 Å². The number of likely N-dealkylation sites (tertiary alicyclic amines) is 1. The van der Waals surface area contributed by atoms with Crippen LogP contribution in [-0.4, -0.2) is 62.9 Å². The summed E-state index contributed by atoms with van der Waals surface area (Å²) in [6, 6.07) is 12.8. The van der Waals surface area contributed by atoms with E-state index in [9.17, 15) is 29.1 Å². The van der Waals surface area contributed by atoms with Crippen molar-refractivity contribution in [3.63, 3.8) is 0 Å². The Kier molecular flexibility index (Phi) is 10.4. The summed E-state index contributed by atoms with van der Waals surface area (Å²) < 4.78 is 0. The highest BCUT2D eigenvalue weighted by Gasteiger charge is 2.54. The van der Waals surface area contributed by atoms with Crippen molar-refractivity contribution in [3.05, 3.63) is 64.7 Å². The Balaban J connectivity index is 1.41. The SMILES string of the molecule is CCC[C@H](CC(=O)[C@@H]1CC2(CC(c3cccc(Cl)c3)=NO2)CN1C(=O)[C@@H](CC(C)=O)Cc1ccc(O)cc1)C(=O)C(=O)CC1CC1. The lowest BCUT2D eigenvalue weighted by Gasteiger charge is -2.29. The van der Waals surface area contributed by atoms with Gasteiger partial charge in [0.15, 0.2) is 17.2 Å². The highest BCUT2D eigenvalue weighted by Crippen LogP contribution is 2.41. The highest BCUT2D eigenvalue weighted by molar-refractivity contribution is 6.38. The van der Waals surface area contributed by atoms with E-state index in [-0.39, 0.29) is 67.8 Å². The fraction of sp³-hybridized carbons (Fsp3) is 0.500. The van der Waals surface area contributed by atoms with Gasteiger partial charge in [0.05, 0.1) is 18.3 Å². The third-order valence-corrected chi connectivity index (χ3v) is 9.49. The van der Waals surface area contributed by atoms with E-state index in [1.807, 2.05) is 19.1 Å². The summed E-state index contributed by atoms with van der Waals surface area (Å²) in [6.45, 7) is 3.41. The van der Waals surface area contributed by atoms with Gasteiger partial charge in [-0.15, -0.1) is 0 Å². The van der Waals surface area contributed by atoms with Gasteiger partial charge in [-0.1, -0.05) is 54.4 Å². The minimum Gasteiger partial charge on any atom is -0.508 e. The summed E-state index contributed by atoms with van der Waals surface area (Å²) in [4.78, 5) is 74.3. The van der Waals surface area contributed by atoms with Crippen LogP contribution in [0, 0.1) is 17.8 Å². The van der Waals surface area contributed by atoms with E-state index in [0.717, 1.165) is 24.0 Å². The zero-order valence-corrected chi connectivity index (χ0v) is 27.1. The maximum atomic E-state index is 14.3. The molecule has 2 aliphatic heterocycles. The molecule has 10 heteroatoms. The van der Waals surface area contributed by atoms with Crippen LogP contribution in [0.3, 0.4) is 0 Å². The lowest BCUT2D eigenvalue weighted by Crippen LogP contribution is -2.46. The van der Waals surface area contributed by atoms with Crippen LogP contribution in [0.25, 0.3) is 0 Å². The van der Waals surface area contributed by atoms with Crippen molar-refractivity contribution in [3.8, 4) is 5.75 Å².